The monoisotopic (exact) mass is 281 g/mol. The first-order valence-corrected chi connectivity index (χ1v) is 7.30. The van der Waals surface area contributed by atoms with Crippen LogP contribution in [0.25, 0.3) is 0 Å². The van der Waals surface area contributed by atoms with E-state index < -0.39 is 10.0 Å². The number of anilines is 2. The fourth-order valence-electron chi connectivity index (χ4n) is 1.64. The molecule has 0 atom stereocenters. The molecular weight excluding hydrogens is 266 g/mol. The van der Waals surface area contributed by atoms with Crippen molar-refractivity contribution in [1.82, 2.24) is 5.16 Å². The van der Waals surface area contributed by atoms with Crippen molar-refractivity contribution in [2.24, 2.45) is 0 Å². The summed E-state index contributed by atoms with van der Waals surface area (Å²) in [5, 5.41) is 6.64. The van der Waals surface area contributed by atoms with E-state index >= 15 is 0 Å². The second-order valence-corrected chi connectivity index (χ2v) is 5.62. The lowest BCUT2D eigenvalue weighted by atomic mass is 10.3. The molecule has 0 bridgehead atoms. The van der Waals surface area contributed by atoms with E-state index in [0.29, 0.717) is 17.9 Å². The Morgan fingerprint density at radius 1 is 1.32 bits per heavy atom. The van der Waals surface area contributed by atoms with Crippen LogP contribution in [0.2, 0.25) is 0 Å². The molecule has 0 aliphatic heterocycles. The van der Waals surface area contributed by atoms with Gasteiger partial charge in [0.05, 0.1) is 11.4 Å². The van der Waals surface area contributed by atoms with Crippen molar-refractivity contribution < 1.29 is 12.9 Å². The van der Waals surface area contributed by atoms with Crippen LogP contribution in [-0.4, -0.2) is 20.1 Å². The summed E-state index contributed by atoms with van der Waals surface area (Å²) >= 11 is 0. The predicted octanol–water partition coefficient (Wildman–Crippen LogP) is 2.22. The van der Waals surface area contributed by atoms with E-state index in [2.05, 4.69) is 15.2 Å². The fourth-order valence-corrected chi connectivity index (χ4v) is 2.80. The Bertz CT molecular complexity index is 664. The van der Waals surface area contributed by atoms with Gasteiger partial charge >= 0.3 is 0 Å². The second-order valence-electron chi connectivity index (χ2n) is 3.96. The van der Waals surface area contributed by atoms with Crippen molar-refractivity contribution in [3.63, 3.8) is 0 Å². The largest absolute Gasteiger partial charge is 0.384 e. The first-order valence-electron chi connectivity index (χ1n) is 5.82. The Hall–Kier alpha value is -2.02. The smallest absolute Gasteiger partial charge is 0.266 e. The van der Waals surface area contributed by atoms with E-state index in [0.717, 1.165) is 0 Å². The van der Waals surface area contributed by atoms with Crippen molar-refractivity contribution in [2.75, 3.05) is 16.6 Å². The summed E-state index contributed by atoms with van der Waals surface area (Å²) in [7, 11) is -3.70. The molecule has 0 saturated carbocycles. The highest BCUT2D eigenvalue weighted by Gasteiger charge is 2.19. The summed E-state index contributed by atoms with van der Waals surface area (Å²) in [5.41, 5.74) is 1.16. The lowest BCUT2D eigenvalue weighted by Crippen LogP contribution is -2.15. The van der Waals surface area contributed by atoms with Gasteiger partial charge in [0, 0.05) is 12.6 Å². The number of sulfonamides is 1. The van der Waals surface area contributed by atoms with E-state index in [1.165, 1.54) is 12.1 Å². The number of nitrogens with zero attached hydrogens (tertiary/aromatic N) is 1. The first kappa shape index (κ1) is 13.4. The van der Waals surface area contributed by atoms with Crippen LogP contribution in [-0.2, 0) is 10.0 Å². The van der Waals surface area contributed by atoms with Gasteiger partial charge in [-0.25, -0.2) is 13.1 Å². The molecule has 2 aromatic rings. The Kier molecular flexibility index (Phi) is 3.75. The molecule has 1 aromatic heterocycles. The van der Waals surface area contributed by atoms with Crippen LogP contribution >= 0.6 is 0 Å². The molecule has 0 spiro atoms. The van der Waals surface area contributed by atoms with E-state index in [-0.39, 0.29) is 10.8 Å². The Morgan fingerprint density at radius 2 is 2.05 bits per heavy atom. The molecule has 2 rings (SSSR count). The number of nitrogens with one attached hydrogen (secondary N) is 2. The zero-order chi connectivity index (χ0) is 13.9. The molecule has 0 amide bonds. The van der Waals surface area contributed by atoms with Crippen molar-refractivity contribution in [1.29, 1.82) is 0 Å². The zero-order valence-corrected chi connectivity index (χ0v) is 11.5. The predicted molar refractivity (Wildman–Crippen MR) is 72.7 cm³/mol. The molecule has 2 N–H and O–H groups in total. The van der Waals surface area contributed by atoms with Crippen molar-refractivity contribution in [2.45, 2.75) is 18.7 Å². The van der Waals surface area contributed by atoms with Crippen LogP contribution in [0, 0.1) is 6.92 Å². The number of aromatic nitrogens is 1. The van der Waals surface area contributed by atoms with Crippen molar-refractivity contribution in [3.8, 4) is 0 Å². The minimum absolute atomic E-state index is 0.101. The van der Waals surface area contributed by atoms with Gasteiger partial charge in [-0.05, 0) is 26.0 Å². The van der Waals surface area contributed by atoms with Crippen LogP contribution in [0.5, 0.6) is 0 Å². The van der Waals surface area contributed by atoms with Crippen molar-refractivity contribution in [3.05, 3.63) is 36.0 Å². The lowest BCUT2D eigenvalue weighted by Gasteiger charge is -2.11. The minimum Gasteiger partial charge on any atom is -0.384 e. The van der Waals surface area contributed by atoms with Gasteiger partial charge in [-0.3, -0.25) is 0 Å². The second kappa shape index (κ2) is 5.31. The third-order valence-corrected chi connectivity index (χ3v) is 3.81. The molecule has 0 unspecified atom stereocenters. The maximum atomic E-state index is 12.3. The Labute approximate surface area is 111 Å². The molecule has 102 valence electrons. The average Bonchev–Trinajstić information content (AvgIpc) is 2.75. The maximum absolute atomic E-state index is 12.3. The van der Waals surface area contributed by atoms with Crippen LogP contribution in [0.3, 0.4) is 0 Å². The van der Waals surface area contributed by atoms with Crippen LogP contribution < -0.4 is 10.0 Å². The first-order chi connectivity index (χ1) is 9.03. The fraction of sp³-hybridized carbons (Fsp3) is 0.250. The van der Waals surface area contributed by atoms with Gasteiger partial charge < -0.3 is 9.84 Å². The molecule has 1 heterocycles. The molecule has 0 fully saturated rings. The van der Waals surface area contributed by atoms with E-state index in [9.17, 15) is 8.42 Å². The van der Waals surface area contributed by atoms with Gasteiger partial charge in [-0.2, -0.15) is 0 Å². The zero-order valence-electron chi connectivity index (χ0n) is 10.7. The maximum Gasteiger partial charge on any atom is 0.266 e. The van der Waals surface area contributed by atoms with Crippen LogP contribution in [0.1, 0.15) is 12.6 Å². The van der Waals surface area contributed by atoms with Gasteiger partial charge in [0.2, 0.25) is 5.88 Å². The number of hydrogen-bond acceptors (Lipinski definition) is 5. The van der Waals surface area contributed by atoms with Gasteiger partial charge in [0.1, 0.15) is 4.90 Å². The summed E-state index contributed by atoms with van der Waals surface area (Å²) in [5.74, 6) is 0.101. The highest BCUT2D eigenvalue weighted by atomic mass is 32.2. The van der Waals surface area contributed by atoms with E-state index in [4.69, 9.17) is 4.52 Å². The van der Waals surface area contributed by atoms with Gasteiger partial charge in [0.25, 0.3) is 10.0 Å². The SMILES string of the molecule is CCNc1ccccc1S(=O)(=O)Nc1cc(C)no1. The molecule has 0 aliphatic rings. The molecular formula is C12H15N3O3S. The lowest BCUT2D eigenvalue weighted by molar-refractivity contribution is 0.430. The van der Waals surface area contributed by atoms with Gasteiger partial charge in [-0.15, -0.1) is 0 Å². The topological polar surface area (TPSA) is 84.2 Å². The third kappa shape index (κ3) is 3.05. The molecule has 6 nitrogen and oxygen atoms in total. The van der Waals surface area contributed by atoms with Gasteiger partial charge in [-0.1, -0.05) is 17.3 Å². The van der Waals surface area contributed by atoms with Crippen molar-refractivity contribution >= 4 is 21.6 Å². The summed E-state index contributed by atoms with van der Waals surface area (Å²) < 4.78 is 31.8. The minimum atomic E-state index is -3.70. The van der Waals surface area contributed by atoms with E-state index in [1.54, 1.807) is 25.1 Å². The number of hydrogen-bond donors (Lipinski definition) is 2. The van der Waals surface area contributed by atoms with E-state index in [1.807, 2.05) is 6.92 Å². The standard InChI is InChI=1S/C12H15N3O3S/c1-3-13-10-6-4-5-7-11(10)19(16,17)15-12-8-9(2)14-18-12/h4-8,13,15H,3H2,1-2H3. The van der Waals surface area contributed by atoms with Crippen LogP contribution in [0.4, 0.5) is 11.6 Å². The molecule has 1 aromatic carbocycles. The summed E-state index contributed by atoms with van der Waals surface area (Å²) in [6.45, 7) is 4.25. The Balaban J connectivity index is 2.34. The molecule has 19 heavy (non-hydrogen) atoms. The molecule has 7 heteroatoms. The van der Waals surface area contributed by atoms with Gasteiger partial charge in [0.15, 0.2) is 0 Å². The molecule has 0 saturated heterocycles. The number of aryl methyl sites for hydroxylation is 1. The third-order valence-electron chi connectivity index (χ3n) is 2.41. The average molecular weight is 281 g/mol. The molecule has 0 aliphatic carbocycles. The summed E-state index contributed by atoms with van der Waals surface area (Å²) in [6.07, 6.45) is 0. The highest BCUT2D eigenvalue weighted by Crippen LogP contribution is 2.23. The summed E-state index contributed by atoms with van der Waals surface area (Å²) in [6, 6.07) is 8.21. The quantitative estimate of drug-likeness (QED) is 0.877. The normalized spacial score (nSPS) is 11.3. The number of rotatable bonds is 5. The number of benzene rings is 1. The Morgan fingerprint density at radius 3 is 2.68 bits per heavy atom. The number of para-hydroxylation sites is 1. The molecule has 0 radical (unpaired) electrons. The highest BCUT2D eigenvalue weighted by molar-refractivity contribution is 7.92. The summed E-state index contributed by atoms with van der Waals surface area (Å²) in [4.78, 5) is 0.172. The van der Waals surface area contributed by atoms with Crippen LogP contribution in [0.15, 0.2) is 39.8 Å².